The minimum atomic E-state index is -0.262. The molecular formula is C27H28ClFN4O. The maximum atomic E-state index is 14.1. The highest BCUT2D eigenvalue weighted by atomic mass is 35.5. The van der Waals surface area contributed by atoms with E-state index in [1.165, 1.54) is 11.6 Å². The number of aryl methyl sites for hydroxylation is 1. The minimum Gasteiger partial charge on any atom is -0.340 e. The van der Waals surface area contributed by atoms with Crippen molar-refractivity contribution in [3.05, 3.63) is 100 Å². The van der Waals surface area contributed by atoms with Gasteiger partial charge in [-0.1, -0.05) is 54.9 Å². The second kappa shape index (κ2) is 11.3. The van der Waals surface area contributed by atoms with Gasteiger partial charge in [0.05, 0.1) is 5.69 Å². The first-order chi connectivity index (χ1) is 16.5. The molecule has 1 aliphatic heterocycles. The van der Waals surface area contributed by atoms with Crippen LogP contribution in [0.5, 0.6) is 0 Å². The van der Waals surface area contributed by atoms with Crippen LogP contribution in [0.4, 0.5) is 10.1 Å². The Morgan fingerprint density at radius 2 is 1.76 bits per heavy atom. The molecule has 3 aromatic carbocycles. The van der Waals surface area contributed by atoms with Crippen LogP contribution in [0.2, 0.25) is 5.02 Å². The van der Waals surface area contributed by atoms with E-state index in [1.807, 2.05) is 30.3 Å². The zero-order valence-corrected chi connectivity index (χ0v) is 19.9. The van der Waals surface area contributed by atoms with E-state index >= 15 is 0 Å². The van der Waals surface area contributed by atoms with Crippen molar-refractivity contribution in [2.45, 2.75) is 19.9 Å². The average Bonchev–Trinajstić information content (AvgIpc) is 2.85. The normalized spacial score (nSPS) is 14.8. The number of hydrogen-bond donors (Lipinski definition) is 1. The van der Waals surface area contributed by atoms with Crippen LogP contribution in [-0.4, -0.2) is 47.8 Å². The van der Waals surface area contributed by atoms with Gasteiger partial charge in [0.2, 0.25) is 5.96 Å². The molecule has 0 atom stereocenters. The van der Waals surface area contributed by atoms with Crippen molar-refractivity contribution in [2.24, 2.45) is 4.99 Å². The number of hydrogen-bond acceptors (Lipinski definition) is 3. The van der Waals surface area contributed by atoms with E-state index in [4.69, 9.17) is 16.6 Å². The molecule has 0 spiro atoms. The second-order valence-corrected chi connectivity index (χ2v) is 8.71. The number of guanidine groups is 1. The smallest absolute Gasteiger partial charge is 0.258 e. The summed E-state index contributed by atoms with van der Waals surface area (Å²) in [6, 6.07) is 21.7. The van der Waals surface area contributed by atoms with E-state index in [9.17, 15) is 9.18 Å². The van der Waals surface area contributed by atoms with Crippen LogP contribution in [-0.2, 0) is 13.0 Å². The van der Waals surface area contributed by atoms with Gasteiger partial charge in [0.1, 0.15) is 5.82 Å². The zero-order valence-electron chi connectivity index (χ0n) is 19.2. The number of aliphatic imine (C=N–C) groups is 1. The van der Waals surface area contributed by atoms with E-state index < -0.39 is 0 Å². The molecule has 1 fully saturated rings. The highest BCUT2D eigenvalue weighted by molar-refractivity contribution is 6.31. The van der Waals surface area contributed by atoms with Gasteiger partial charge in [-0.3, -0.25) is 15.0 Å². The molecule has 3 aromatic rings. The van der Waals surface area contributed by atoms with Gasteiger partial charge < -0.3 is 4.90 Å². The lowest BCUT2D eigenvalue weighted by Gasteiger charge is -2.36. The van der Waals surface area contributed by atoms with Gasteiger partial charge >= 0.3 is 0 Å². The minimum absolute atomic E-state index is 0.184. The summed E-state index contributed by atoms with van der Waals surface area (Å²) in [5, 5.41) is 3.49. The van der Waals surface area contributed by atoms with E-state index in [-0.39, 0.29) is 11.7 Å². The van der Waals surface area contributed by atoms with Gasteiger partial charge in [0.25, 0.3) is 5.91 Å². The lowest BCUT2D eigenvalue weighted by atomic mass is 10.1. The Kier molecular flexibility index (Phi) is 7.93. The van der Waals surface area contributed by atoms with E-state index in [0.29, 0.717) is 41.7 Å². The highest BCUT2D eigenvalue weighted by Crippen LogP contribution is 2.18. The molecule has 1 N–H and O–H groups in total. The summed E-state index contributed by atoms with van der Waals surface area (Å²) in [6.07, 6.45) is 0.905. The van der Waals surface area contributed by atoms with E-state index in [1.54, 1.807) is 30.3 Å². The fraction of sp³-hybridized carbons (Fsp3) is 0.259. The Hall–Kier alpha value is -3.22. The van der Waals surface area contributed by atoms with Gasteiger partial charge in [-0.2, -0.15) is 0 Å². The number of carbonyl (C=O) groups is 1. The molecule has 0 unspecified atom stereocenters. The monoisotopic (exact) mass is 478 g/mol. The van der Waals surface area contributed by atoms with Crippen molar-refractivity contribution >= 4 is 29.2 Å². The number of piperazine rings is 1. The molecule has 4 rings (SSSR count). The van der Waals surface area contributed by atoms with Gasteiger partial charge in [-0.05, 0) is 48.4 Å². The van der Waals surface area contributed by atoms with Gasteiger partial charge in [-0.15, -0.1) is 0 Å². The third-order valence-corrected chi connectivity index (χ3v) is 6.12. The number of rotatable bonds is 5. The molecule has 0 aliphatic carbocycles. The van der Waals surface area contributed by atoms with Crippen molar-refractivity contribution in [2.75, 3.05) is 26.2 Å². The fourth-order valence-electron chi connectivity index (χ4n) is 3.93. The van der Waals surface area contributed by atoms with Crippen LogP contribution in [0.3, 0.4) is 0 Å². The van der Waals surface area contributed by atoms with Crippen LogP contribution in [0.1, 0.15) is 28.4 Å². The number of carbonyl (C=O) groups excluding carboxylic acids is 1. The molecule has 1 heterocycles. The molecular weight excluding hydrogens is 451 g/mol. The first kappa shape index (κ1) is 23.9. The molecule has 34 heavy (non-hydrogen) atoms. The van der Waals surface area contributed by atoms with Crippen molar-refractivity contribution in [3.8, 4) is 0 Å². The molecule has 1 saturated heterocycles. The molecule has 176 valence electrons. The molecule has 1 aliphatic rings. The summed E-state index contributed by atoms with van der Waals surface area (Å²) in [5.41, 5.74) is 3.13. The third-order valence-electron chi connectivity index (χ3n) is 5.89. The van der Waals surface area contributed by atoms with Crippen molar-refractivity contribution in [1.82, 2.24) is 15.1 Å². The molecule has 1 amide bonds. The molecule has 7 heteroatoms. The first-order valence-electron chi connectivity index (χ1n) is 11.5. The van der Waals surface area contributed by atoms with Crippen LogP contribution < -0.4 is 5.32 Å². The van der Waals surface area contributed by atoms with Crippen molar-refractivity contribution in [1.29, 1.82) is 0 Å². The summed E-state index contributed by atoms with van der Waals surface area (Å²) < 4.78 is 14.1. The Balaban J connectivity index is 1.51. The maximum absolute atomic E-state index is 14.1. The number of nitrogens with zero attached hydrogens (tertiary/aromatic N) is 3. The lowest BCUT2D eigenvalue weighted by Crippen LogP contribution is -2.53. The summed E-state index contributed by atoms with van der Waals surface area (Å²) in [4.78, 5) is 22.1. The number of nitrogens with one attached hydrogen (secondary N) is 1. The lowest BCUT2D eigenvalue weighted by molar-refractivity contribution is 0.0967. The van der Waals surface area contributed by atoms with Gasteiger partial charge in [0.15, 0.2) is 0 Å². The van der Waals surface area contributed by atoms with Gasteiger partial charge in [-0.25, -0.2) is 9.38 Å². The molecule has 0 aromatic heterocycles. The van der Waals surface area contributed by atoms with Crippen molar-refractivity contribution < 1.29 is 9.18 Å². The standard InChI is InChI=1S/C27H28ClFN4O/c1-2-20-7-5-11-24(17-20)30-27(31-26(34)21-9-6-10-23(28)18-21)33-15-13-32(14-16-33)19-22-8-3-4-12-25(22)29/h3-12,17-18H,2,13-16,19H2,1H3,(H,30,31,34). The molecule has 0 saturated carbocycles. The largest absolute Gasteiger partial charge is 0.340 e. The molecule has 0 radical (unpaired) electrons. The van der Waals surface area contributed by atoms with Crippen LogP contribution >= 0.6 is 11.6 Å². The van der Waals surface area contributed by atoms with Crippen molar-refractivity contribution in [3.63, 3.8) is 0 Å². The number of benzene rings is 3. The van der Waals surface area contributed by atoms with E-state index in [0.717, 1.165) is 25.2 Å². The average molecular weight is 479 g/mol. The number of amides is 1. The summed E-state index contributed by atoms with van der Waals surface area (Å²) in [6.45, 7) is 5.44. The third kappa shape index (κ3) is 6.22. The quantitative estimate of drug-likeness (QED) is 0.401. The Bertz CT molecular complexity index is 1170. The predicted molar refractivity (Wildman–Crippen MR) is 135 cm³/mol. The fourth-order valence-corrected chi connectivity index (χ4v) is 4.12. The van der Waals surface area contributed by atoms with Crippen LogP contribution in [0.15, 0.2) is 77.8 Å². The van der Waals surface area contributed by atoms with Gasteiger partial charge in [0, 0.05) is 48.9 Å². The second-order valence-electron chi connectivity index (χ2n) is 8.28. The molecule has 0 bridgehead atoms. The van der Waals surface area contributed by atoms with Crippen LogP contribution in [0, 0.1) is 5.82 Å². The number of halogens is 2. The first-order valence-corrected chi connectivity index (χ1v) is 11.8. The zero-order chi connectivity index (χ0) is 23.9. The highest BCUT2D eigenvalue weighted by Gasteiger charge is 2.22. The predicted octanol–water partition coefficient (Wildman–Crippen LogP) is 5.28. The van der Waals surface area contributed by atoms with E-state index in [2.05, 4.69) is 28.1 Å². The summed E-state index contributed by atoms with van der Waals surface area (Å²) >= 11 is 6.08. The maximum Gasteiger partial charge on any atom is 0.258 e. The SMILES string of the molecule is CCc1cccc(N=C(NC(=O)c2cccc(Cl)c2)N2CCN(Cc3ccccc3F)CC2)c1. The Morgan fingerprint density at radius 1 is 1.00 bits per heavy atom. The summed E-state index contributed by atoms with van der Waals surface area (Å²) in [5.74, 6) is 0.0576. The van der Waals surface area contributed by atoms with Crippen LogP contribution in [0.25, 0.3) is 0 Å². The Morgan fingerprint density at radius 3 is 2.50 bits per heavy atom. The topological polar surface area (TPSA) is 47.9 Å². The Labute approximate surface area is 204 Å². The summed E-state index contributed by atoms with van der Waals surface area (Å²) in [7, 11) is 0. The molecule has 5 nitrogen and oxygen atoms in total.